The Hall–Kier alpha value is -2.09. The number of benzene rings is 1. The Bertz CT molecular complexity index is 823. The van der Waals surface area contributed by atoms with Gasteiger partial charge in [0.2, 0.25) is 0 Å². The van der Waals surface area contributed by atoms with Gasteiger partial charge in [0, 0.05) is 38.5 Å². The molecule has 0 N–H and O–H groups in total. The summed E-state index contributed by atoms with van der Waals surface area (Å²) in [7, 11) is 2.15. The van der Waals surface area contributed by atoms with Crippen LogP contribution in [0.1, 0.15) is 32.2 Å². The molecule has 2 aliphatic heterocycles. The number of carbonyl (C=O) groups excluding carboxylic acids is 2. The molecule has 2 aromatic rings. The van der Waals surface area contributed by atoms with Gasteiger partial charge in [0.15, 0.2) is 0 Å². The number of nitrogens with zero attached hydrogens (tertiary/aromatic N) is 3. The van der Waals surface area contributed by atoms with E-state index in [2.05, 4.69) is 22.9 Å². The summed E-state index contributed by atoms with van der Waals surface area (Å²) in [5, 5.41) is 0. The topological polar surface area (TPSA) is 57.0 Å². The zero-order valence-electron chi connectivity index (χ0n) is 16.1. The minimum atomic E-state index is -0.186. The van der Waals surface area contributed by atoms with E-state index >= 15 is 0 Å². The molecular formula is C21H25N3O3S. The Kier molecular flexibility index (Phi) is 5.85. The molecule has 1 aromatic heterocycles. The van der Waals surface area contributed by atoms with E-state index in [4.69, 9.17) is 4.42 Å². The van der Waals surface area contributed by atoms with Gasteiger partial charge in [-0.05, 0) is 31.3 Å². The van der Waals surface area contributed by atoms with Crippen molar-refractivity contribution in [3.63, 3.8) is 0 Å². The van der Waals surface area contributed by atoms with Crippen LogP contribution in [0, 0.1) is 0 Å². The van der Waals surface area contributed by atoms with Gasteiger partial charge in [0.05, 0.1) is 23.4 Å². The van der Waals surface area contributed by atoms with Crippen molar-refractivity contribution in [2.24, 2.45) is 0 Å². The minimum absolute atomic E-state index is 0.186. The molecule has 28 heavy (non-hydrogen) atoms. The summed E-state index contributed by atoms with van der Waals surface area (Å²) in [6.07, 6.45) is 0. The third-order valence-corrected chi connectivity index (χ3v) is 6.23. The Morgan fingerprint density at radius 2 is 1.57 bits per heavy atom. The number of amides is 2. The average molecular weight is 400 g/mol. The fourth-order valence-corrected chi connectivity index (χ4v) is 4.39. The minimum Gasteiger partial charge on any atom is -0.464 e. The standard InChI is InChI=1S/C21H25N3O3S/c1-22-8-10-23(11-9-22)14-16-6-7-17(27-16)15-28-13-12-24-20(25)18-4-2-3-5-19(18)21(24)26/h2-7H,8-15H2,1H3. The van der Waals surface area contributed by atoms with Crippen molar-refractivity contribution in [2.75, 3.05) is 45.5 Å². The van der Waals surface area contributed by atoms with Gasteiger partial charge in [0.25, 0.3) is 11.8 Å². The van der Waals surface area contributed by atoms with Gasteiger partial charge in [-0.25, -0.2) is 0 Å². The maximum absolute atomic E-state index is 12.4. The third kappa shape index (κ3) is 4.16. The van der Waals surface area contributed by atoms with Crippen LogP contribution in [0.15, 0.2) is 40.8 Å². The SMILES string of the molecule is CN1CCN(Cc2ccc(CSCCN3C(=O)c4ccccc4C3=O)o2)CC1. The predicted molar refractivity (Wildman–Crippen MR) is 109 cm³/mol. The second kappa shape index (κ2) is 8.51. The number of rotatable bonds is 7. The summed E-state index contributed by atoms with van der Waals surface area (Å²) < 4.78 is 5.95. The van der Waals surface area contributed by atoms with Crippen molar-refractivity contribution in [1.29, 1.82) is 0 Å². The number of hydrogen-bond acceptors (Lipinski definition) is 6. The summed E-state index contributed by atoms with van der Waals surface area (Å²) in [4.78, 5) is 30.8. The highest BCUT2D eigenvalue weighted by atomic mass is 32.2. The number of furan rings is 1. The fourth-order valence-electron chi connectivity index (χ4n) is 3.58. The summed E-state index contributed by atoms with van der Waals surface area (Å²) in [6.45, 7) is 5.62. The van der Waals surface area contributed by atoms with Crippen molar-refractivity contribution >= 4 is 23.6 Å². The second-order valence-electron chi connectivity index (χ2n) is 7.31. The normalized spacial score (nSPS) is 18.1. The highest BCUT2D eigenvalue weighted by Gasteiger charge is 2.34. The number of likely N-dealkylation sites (N-methyl/N-ethyl adjacent to an activating group) is 1. The number of imide groups is 1. The van der Waals surface area contributed by atoms with E-state index in [1.165, 1.54) is 4.90 Å². The highest BCUT2D eigenvalue weighted by Crippen LogP contribution is 2.23. The molecule has 7 heteroatoms. The molecule has 1 aromatic carbocycles. The summed E-state index contributed by atoms with van der Waals surface area (Å²) in [6, 6.07) is 11.1. The number of fused-ring (bicyclic) bond motifs is 1. The van der Waals surface area contributed by atoms with Crippen LogP contribution < -0.4 is 0 Å². The number of thioether (sulfide) groups is 1. The maximum Gasteiger partial charge on any atom is 0.261 e. The Labute approximate surface area is 169 Å². The average Bonchev–Trinajstić information content (AvgIpc) is 3.25. The zero-order chi connectivity index (χ0) is 19.5. The molecule has 1 saturated heterocycles. The van der Waals surface area contributed by atoms with Gasteiger partial charge in [-0.2, -0.15) is 11.8 Å². The van der Waals surface area contributed by atoms with Crippen molar-refractivity contribution in [3.05, 3.63) is 59.0 Å². The number of piperazine rings is 1. The number of hydrogen-bond donors (Lipinski definition) is 0. The first kappa shape index (κ1) is 19.2. The van der Waals surface area contributed by atoms with Crippen molar-refractivity contribution in [1.82, 2.24) is 14.7 Å². The molecule has 2 aliphatic rings. The van der Waals surface area contributed by atoms with Crippen LogP contribution in [-0.2, 0) is 12.3 Å². The molecular weight excluding hydrogens is 374 g/mol. The molecule has 148 valence electrons. The van der Waals surface area contributed by atoms with Crippen molar-refractivity contribution < 1.29 is 14.0 Å². The quantitative estimate of drug-likeness (QED) is 0.527. The molecule has 0 unspecified atom stereocenters. The molecule has 0 atom stereocenters. The zero-order valence-corrected chi connectivity index (χ0v) is 16.9. The first-order chi connectivity index (χ1) is 13.6. The van der Waals surface area contributed by atoms with Crippen LogP contribution >= 0.6 is 11.8 Å². The van der Waals surface area contributed by atoms with E-state index in [0.717, 1.165) is 50.0 Å². The molecule has 3 heterocycles. The lowest BCUT2D eigenvalue weighted by atomic mass is 10.1. The van der Waals surface area contributed by atoms with E-state index in [-0.39, 0.29) is 11.8 Å². The van der Waals surface area contributed by atoms with Crippen LogP contribution in [0.2, 0.25) is 0 Å². The van der Waals surface area contributed by atoms with Gasteiger partial charge < -0.3 is 9.32 Å². The molecule has 0 bridgehead atoms. The molecule has 0 spiro atoms. The summed E-state index contributed by atoms with van der Waals surface area (Å²) >= 11 is 1.68. The van der Waals surface area contributed by atoms with Gasteiger partial charge >= 0.3 is 0 Å². The molecule has 0 radical (unpaired) electrons. The van der Waals surface area contributed by atoms with E-state index in [1.807, 2.05) is 6.07 Å². The highest BCUT2D eigenvalue weighted by molar-refractivity contribution is 7.98. The van der Waals surface area contributed by atoms with E-state index in [9.17, 15) is 9.59 Å². The largest absolute Gasteiger partial charge is 0.464 e. The predicted octanol–water partition coefficient (Wildman–Crippen LogP) is 2.56. The molecule has 1 fully saturated rings. The van der Waals surface area contributed by atoms with Crippen LogP contribution in [0.3, 0.4) is 0 Å². The molecule has 0 aliphatic carbocycles. The fraction of sp³-hybridized carbons (Fsp3) is 0.429. The lowest BCUT2D eigenvalue weighted by Gasteiger charge is -2.31. The lowest BCUT2D eigenvalue weighted by Crippen LogP contribution is -2.43. The van der Waals surface area contributed by atoms with Gasteiger partial charge in [0.1, 0.15) is 11.5 Å². The number of carbonyl (C=O) groups is 2. The Balaban J connectivity index is 1.22. The smallest absolute Gasteiger partial charge is 0.261 e. The maximum atomic E-state index is 12.4. The van der Waals surface area contributed by atoms with Crippen molar-refractivity contribution in [3.8, 4) is 0 Å². The van der Waals surface area contributed by atoms with Gasteiger partial charge in [-0.1, -0.05) is 12.1 Å². The third-order valence-electron chi connectivity index (χ3n) is 5.27. The van der Waals surface area contributed by atoms with Crippen LogP contribution in [0.4, 0.5) is 0 Å². The first-order valence-corrected chi connectivity index (χ1v) is 10.8. The molecule has 0 saturated carbocycles. The van der Waals surface area contributed by atoms with Crippen LogP contribution in [0.5, 0.6) is 0 Å². The monoisotopic (exact) mass is 399 g/mol. The van der Waals surface area contributed by atoms with Gasteiger partial charge in [-0.3, -0.25) is 19.4 Å². The molecule has 2 amide bonds. The van der Waals surface area contributed by atoms with E-state index in [0.29, 0.717) is 23.4 Å². The summed E-state index contributed by atoms with van der Waals surface area (Å²) in [5.74, 6) is 3.01. The van der Waals surface area contributed by atoms with Gasteiger partial charge in [-0.15, -0.1) is 0 Å². The second-order valence-corrected chi connectivity index (χ2v) is 8.41. The van der Waals surface area contributed by atoms with Crippen LogP contribution in [0.25, 0.3) is 0 Å². The first-order valence-electron chi connectivity index (χ1n) is 9.63. The Morgan fingerprint density at radius 3 is 2.25 bits per heavy atom. The van der Waals surface area contributed by atoms with E-state index < -0.39 is 0 Å². The Morgan fingerprint density at radius 1 is 0.929 bits per heavy atom. The summed E-state index contributed by atoms with van der Waals surface area (Å²) in [5.41, 5.74) is 1.02. The molecule has 6 nitrogen and oxygen atoms in total. The van der Waals surface area contributed by atoms with Crippen LogP contribution in [-0.4, -0.2) is 72.0 Å². The lowest BCUT2D eigenvalue weighted by molar-refractivity contribution is 0.0664. The van der Waals surface area contributed by atoms with Crippen molar-refractivity contribution in [2.45, 2.75) is 12.3 Å². The molecule has 4 rings (SSSR count). The van der Waals surface area contributed by atoms with E-state index in [1.54, 1.807) is 36.0 Å².